The van der Waals surface area contributed by atoms with Crippen molar-refractivity contribution < 1.29 is 14.6 Å². The second-order valence-corrected chi connectivity index (χ2v) is 5.27. The number of nitrogens with two attached hydrogens (primary N) is 1. The van der Waals surface area contributed by atoms with E-state index in [1.54, 1.807) is 20.8 Å². The Balaban J connectivity index is 4.20. The molecule has 0 fully saturated rings. The van der Waals surface area contributed by atoms with Crippen LogP contribution < -0.4 is 5.73 Å². The van der Waals surface area contributed by atoms with Crippen LogP contribution >= 0.6 is 0 Å². The monoisotopic (exact) mass is 217 g/mol. The molecular weight excluding hydrogens is 194 g/mol. The van der Waals surface area contributed by atoms with Crippen LogP contribution in [0.4, 0.5) is 0 Å². The highest BCUT2D eigenvalue weighted by atomic mass is 16.6. The molecule has 0 amide bonds. The predicted molar refractivity (Wildman–Crippen MR) is 59.3 cm³/mol. The summed E-state index contributed by atoms with van der Waals surface area (Å²) in [6, 6.07) is -0.556. The molecule has 0 radical (unpaired) electrons. The van der Waals surface area contributed by atoms with E-state index in [1.165, 1.54) is 0 Å². The van der Waals surface area contributed by atoms with Gasteiger partial charge in [0.15, 0.2) is 6.10 Å². The smallest absolute Gasteiger partial charge is 0.337 e. The van der Waals surface area contributed by atoms with E-state index in [-0.39, 0.29) is 0 Å². The molecule has 0 rings (SSSR count). The molecule has 1 unspecified atom stereocenters. The van der Waals surface area contributed by atoms with Crippen LogP contribution in [0.2, 0.25) is 0 Å². The Hall–Kier alpha value is -0.610. The van der Waals surface area contributed by atoms with E-state index in [4.69, 9.17) is 10.5 Å². The Bertz CT molecular complexity index is 208. The van der Waals surface area contributed by atoms with Gasteiger partial charge in [-0.3, -0.25) is 0 Å². The molecule has 90 valence electrons. The van der Waals surface area contributed by atoms with Gasteiger partial charge >= 0.3 is 5.97 Å². The topological polar surface area (TPSA) is 72.5 Å². The average molecular weight is 217 g/mol. The number of esters is 1. The van der Waals surface area contributed by atoms with Crippen molar-refractivity contribution in [1.29, 1.82) is 0 Å². The third kappa shape index (κ3) is 6.47. The van der Waals surface area contributed by atoms with Gasteiger partial charge in [0.2, 0.25) is 0 Å². The molecule has 2 atom stereocenters. The molecule has 4 nitrogen and oxygen atoms in total. The molecule has 0 bridgehead atoms. The first kappa shape index (κ1) is 14.4. The van der Waals surface area contributed by atoms with E-state index in [0.29, 0.717) is 12.3 Å². The maximum absolute atomic E-state index is 11.4. The minimum atomic E-state index is -1.23. The number of carbonyl (C=O) groups excluding carboxylic acids is 1. The summed E-state index contributed by atoms with van der Waals surface area (Å²) in [7, 11) is 0. The zero-order chi connectivity index (χ0) is 12.2. The molecule has 0 aromatic heterocycles. The quantitative estimate of drug-likeness (QED) is 0.691. The van der Waals surface area contributed by atoms with Gasteiger partial charge in [0, 0.05) is 6.04 Å². The Morgan fingerprint density at radius 1 is 1.40 bits per heavy atom. The van der Waals surface area contributed by atoms with E-state index in [9.17, 15) is 9.90 Å². The summed E-state index contributed by atoms with van der Waals surface area (Å²) in [6.45, 7) is 9.24. The molecule has 0 aromatic rings. The van der Waals surface area contributed by atoms with Crippen LogP contribution in [0.25, 0.3) is 0 Å². The fraction of sp³-hybridized carbons (Fsp3) is 0.909. The molecule has 4 heteroatoms. The van der Waals surface area contributed by atoms with Crippen molar-refractivity contribution in [3.8, 4) is 0 Å². The lowest BCUT2D eigenvalue weighted by Gasteiger charge is -2.24. The number of aliphatic hydroxyl groups is 1. The Labute approximate surface area is 91.8 Å². The third-order valence-electron chi connectivity index (χ3n) is 1.80. The number of aliphatic hydroxyl groups excluding tert-OH is 1. The summed E-state index contributed by atoms with van der Waals surface area (Å²) < 4.78 is 5.03. The van der Waals surface area contributed by atoms with Crippen molar-refractivity contribution in [2.75, 3.05) is 0 Å². The van der Waals surface area contributed by atoms with Crippen LogP contribution in [0.3, 0.4) is 0 Å². The van der Waals surface area contributed by atoms with Gasteiger partial charge in [0.25, 0.3) is 0 Å². The molecule has 0 saturated heterocycles. The minimum absolute atomic E-state index is 0.345. The maximum atomic E-state index is 11.4. The second kappa shape index (κ2) is 5.47. The molecule has 15 heavy (non-hydrogen) atoms. The number of ether oxygens (including phenoxy) is 1. The average Bonchev–Trinajstić information content (AvgIpc) is 1.98. The number of rotatable bonds is 4. The molecule has 0 heterocycles. The fourth-order valence-corrected chi connectivity index (χ4v) is 1.21. The zero-order valence-corrected chi connectivity index (χ0v) is 10.3. The lowest BCUT2D eigenvalue weighted by molar-refractivity contribution is -0.166. The van der Waals surface area contributed by atoms with Crippen molar-refractivity contribution >= 4 is 5.97 Å². The highest BCUT2D eigenvalue weighted by molar-refractivity contribution is 5.75. The first-order valence-electron chi connectivity index (χ1n) is 5.30. The van der Waals surface area contributed by atoms with Gasteiger partial charge in [0.05, 0.1) is 0 Å². The Kier molecular flexibility index (Phi) is 5.24. The van der Waals surface area contributed by atoms with E-state index >= 15 is 0 Å². The normalized spacial score (nSPS) is 16.3. The summed E-state index contributed by atoms with van der Waals surface area (Å²) in [5, 5.41) is 9.60. The van der Waals surface area contributed by atoms with Crippen LogP contribution in [-0.4, -0.2) is 28.8 Å². The van der Waals surface area contributed by atoms with Crippen molar-refractivity contribution in [2.45, 2.75) is 58.8 Å². The summed E-state index contributed by atoms with van der Waals surface area (Å²) in [5.74, 6) is -0.298. The molecule has 0 spiro atoms. The molecule has 0 aliphatic rings. The predicted octanol–water partition coefficient (Wildman–Crippen LogP) is 1.06. The number of hydrogen-bond donors (Lipinski definition) is 2. The molecule has 0 aromatic carbocycles. The van der Waals surface area contributed by atoms with Crippen LogP contribution in [0.5, 0.6) is 0 Å². The lowest BCUT2D eigenvalue weighted by atomic mass is 10.00. The fourth-order valence-electron chi connectivity index (χ4n) is 1.21. The molecule has 0 aliphatic carbocycles. The highest BCUT2D eigenvalue weighted by Gasteiger charge is 2.28. The van der Waals surface area contributed by atoms with Gasteiger partial charge in [-0.25, -0.2) is 4.79 Å². The molecular formula is C11H23NO3. The van der Waals surface area contributed by atoms with E-state index in [1.807, 2.05) is 13.8 Å². The van der Waals surface area contributed by atoms with E-state index < -0.39 is 23.7 Å². The molecule has 0 aliphatic heterocycles. The van der Waals surface area contributed by atoms with Gasteiger partial charge in [-0.15, -0.1) is 0 Å². The van der Waals surface area contributed by atoms with Gasteiger partial charge in [-0.2, -0.15) is 0 Å². The SMILES string of the molecule is CC(C)C[C@H](N)C(O)C(=O)OC(C)(C)C. The van der Waals surface area contributed by atoms with Crippen LogP contribution in [0.15, 0.2) is 0 Å². The van der Waals surface area contributed by atoms with Crippen molar-refractivity contribution in [3.05, 3.63) is 0 Å². The first-order valence-corrected chi connectivity index (χ1v) is 5.30. The highest BCUT2D eigenvalue weighted by Crippen LogP contribution is 2.12. The van der Waals surface area contributed by atoms with Gasteiger partial charge in [0.1, 0.15) is 5.60 Å². The van der Waals surface area contributed by atoms with Crippen molar-refractivity contribution in [2.24, 2.45) is 11.7 Å². The standard InChI is InChI=1S/C11H23NO3/c1-7(2)6-8(12)9(13)10(14)15-11(3,4)5/h7-9,13H,6,12H2,1-5H3/t8-,9?/m0/s1. The summed E-state index contributed by atoms with van der Waals surface area (Å²) in [4.78, 5) is 11.4. The Morgan fingerprint density at radius 3 is 2.20 bits per heavy atom. The lowest BCUT2D eigenvalue weighted by Crippen LogP contribution is -2.44. The largest absolute Gasteiger partial charge is 0.458 e. The molecule has 3 N–H and O–H groups in total. The maximum Gasteiger partial charge on any atom is 0.337 e. The first-order chi connectivity index (χ1) is 6.63. The summed E-state index contributed by atoms with van der Waals surface area (Å²) >= 11 is 0. The molecule has 0 saturated carbocycles. The van der Waals surface area contributed by atoms with Crippen LogP contribution in [0, 0.1) is 5.92 Å². The van der Waals surface area contributed by atoms with Crippen LogP contribution in [0.1, 0.15) is 41.0 Å². The summed E-state index contributed by atoms with van der Waals surface area (Å²) in [5.41, 5.74) is 5.10. The Morgan fingerprint density at radius 2 is 1.87 bits per heavy atom. The van der Waals surface area contributed by atoms with Crippen LogP contribution in [-0.2, 0) is 9.53 Å². The van der Waals surface area contributed by atoms with Gasteiger partial charge < -0.3 is 15.6 Å². The van der Waals surface area contributed by atoms with Gasteiger partial charge in [-0.1, -0.05) is 13.8 Å². The summed E-state index contributed by atoms with van der Waals surface area (Å²) in [6.07, 6.45) is -0.632. The number of carbonyl (C=O) groups is 1. The van der Waals surface area contributed by atoms with Crippen molar-refractivity contribution in [1.82, 2.24) is 0 Å². The van der Waals surface area contributed by atoms with Crippen molar-refractivity contribution in [3.63, 3.8) is 0 Å². The number of hydrogen-bond acceptors (Lipinski definition) is 4. The third-order valence-corrected chi connectivity index (χ3v) is 1.80. The second-order valence-electron chi connectivity index (χ2n) is 5.27. The van der Waals surface area contributed by atoms with E-state index in [2.05, 4.69) is 0 Å². The zero-order valence-electron chi connectivity index (χ0n) is 10.3. The van der Waals surface area contributed by atoms with Gasteiger partial charge in [-0.05, 0) is 33.1 Å². The van der Waals surface area contributed by atoms with E-state index in [0.717, 1.165) is 0 Å². The minimum Gasteiger partial charge on any atom is -0.458 e.